The lowest BCUT2D eigenvalue weighted by atomic mass is 10.2. The van der Waals surface area contributed by atoms with E-state index in [-0.39, 0.29) is 40.7 Å². The monoisotopic (exact) mass is 924 g/mol. The fraction of sp³-hybridized carbons (Fsp3) is 0.174. The number of urea groups is 2. The van der Waals surface area contributed by atoms with Gasteiger partial charge in [-0.1, -0.05) is 23.2 Å². The minimum atomic E-state index is -0.686. The summed E-state index contributed by atoms with van der Waals surface area (Å²) in [6, 6.07) is 26.4. The first-order chi connectivity index (χ1) is 31.3. The first-order valence-electron chi connectivity index (χ1n) is 20.0. The number of ether oxygens (including phenoxy) is 2. The molecular weight excluding hydrogens is 878 g/mol. The van der Waals surface area contributed by atoms with Gasteiger partial charge in [0.2, 0.25) is 0 Å². The van der Waals surface area contributed by atoms with Crippen LogP contribution in [-0.2, 0) is 0 Å². The van der Waals surface area contributed by atoms with Crippen LogP contribution < -0.4 is 52.0 Å². The van der Waals surface area contributed by atoms with Crippen molar-refractivity contribution in [2.75, 3.05) is 61.5 Å². The summed E-state index contributed by atoms with van der Waals surface area (Å²) >= 11 is 12.0. The molecule has 2 heterocycles. The van der Waals surface area contributed by atoms with Crippen LogP contribution in [0.2, 0.25) is 10.0 Å². The first kappa shape index (κ1) is 48.7. The van der Waals surface area contributed by atoms with Gasteiger partial charge in [0.25, 0.3) is 11.8 Å². The van der Waals surface area contributed by atoms with Gasteiger partial charge in [-0.2, -0.15) is 0 Å². The van der Waals surface area contributed by atoms with E-state index >= 15 is 0 Å². The van der Waals surface area contributed by atoms with E-state index in [9.17, 15) is 23.6 Å². The number of rotatable bonds is 16. The van der Waals surface area contributed by atoms with Crippen molar-refractivity contribution in [3.05, 3.63) is 154 Å². The van der Waals surface area contributed by atoms with Gasteiger partial charge in [0.05, 0.1) is 5.69 Å². The molecule has 4 aromatic carbocycles. The Hall–Kier alpha value is -7.31. The van der Waals surface area contributed by atoms with E-state index in [0.717, 1.165) is 17.2 Å². The third-order valence-corrected chi connectivity index (χ3v) is 9.70. The standard InChI is InChI=1S/C23H23ClFN5O3.C23H24ClN5O3/c1-14-11-15(3-5-18(14)24)29-23(32)30-20-6-4-16(12-19(20)25)33-17-7-8-27-21(13-17)22(31)28-10-9-26-2;1-15-13-17(5-8-20(15)24)29-23(31)28-16-3-6-18(7-4-16)32-19-9-10-26-21(14-19)22(30)27-12-11-25-2/h3-8,11-13,26H,9-10H2,1-2H3,(H,28,31)(H2,29,30,32);3-10,13-14,25H,11-12H2,1-2H3,(H,27,30)(H2,28,29,31). The van der Waals surface area contributed by atoms with Crippen LogP contribution in [0, 0.1) is 19.7 Å². The number of likely N-dealkylation sites (N-methyl/N-ethyl adjacent to an activating group) is 2. The predicted octanol–water partition coefficient (Wildman–Crippen LogP) is 9.00. The Kier molecular flexibility index (Phi) is 18.4. The summed E-state index contributed by atoms with van der Waals surface area (Å²) in [7, 11) is 3.60. The van der Waals surface area contributed by atoms with Crippen LogP contribution in [0.3, 0.4) is 0 Å². The van der Waals surface area contributed by atoms with Crippen molar-refractivity contribution in [3.63, 3.8) is 0 Å². The van der Waals surface area contributed by atoms with Gasteiger partial charge < -0.3 is 52.0 Å². The molecule has 0 fully saturated rings. The number of aryl methyl sites for hydroxylation is 2. The molecule has 19 heteroatoms. The Morgan fingerprint density at radius 2 is 0.954 bits per heavy atom. The molecule has 0 unspecified atom stereocenters. The zero-order valence-corrected chi connectivity index (χ0v) is 37.3. The predicted molar refractivity (Wildman–Crippen MR) is 252 cm³/mol. The summed E-state index contributed by atoms with van der Waals surface area (Å²) in [5, 5.41) is 23.2. The molecule has 0 aliphatic carbocycles. The highest BCUT2D eigenvalue weighted by Crippen LogP contribution is 2.27. The normalized spacial score (nSPS) is 10.4. The average Bonchev–Trinajstić information content (AvgIpc) is 3.28. The van der Waals surface area contributed by atoms with E-state index < -0.39 is 11.8 Å². The number of nitrogens with one attached hydrogen (secondary N) is 8. The second-order valence-corrected chi connectivity index (χ2v) is 14.7. The third kappa shape index (κ3) is 15.8. The summed E-state index contributed by atoms with van der Waals surface area (Å²) < 4.78 is 26.0. The van der Waals surface area contributed by atoms with E-state index in [1.54, 1.807) is 85.9 Å². The number of nitrogens with zero attached hydrogens (tertiary/aromatic N) is 2. The van der Waals surface area contributed by atoms with Crippen LogP contribution in [-0.4, -0.2) is 74.1 Å². The van der Waals surface area contributed by atoms with Gasteiger partial charge in [-0.3, -0.25) is 19.6 Å². The van der Waals surface area contributed by atoms with Crippen molar-refractivity contribution in [1.82, 2.24) is 31.2 Å². The molecule has 8 N–H and O–H groups in total. The minimum absolute atomic E-state index is 0.0233. The van der Waals surface area contributed by atoms with Gasteiger partial charge in [-0.15, -0.1) is 0 Å². The second-order valence-electron chi connectivity index (χ2n) is 13.9. The minimum Gasteiger partial charge on any atom is -0.457 e. The molecule has 6 amide bonds. The Morgan fingerprint density at radius 3 is 1.43 bits per heavy atom. The average molecular weight is 926 g/mol. The molecule has 6 aromatic rings. The SMILES string of the molecule is CNCCNC(=O)c1cc(Oc2ccc(NC(=O)Nc3ccc(Cl)c(C)c3)c(F)c2)ccn1.CNCCNC(=O)c1cc(Oc2ccc(NC(=O)Nc3ccc(Cl)c(C)c3)cc2)ccn1. The van der Waals surface area contributed by atoms with Crippen molar-refractivity contribution in [2.24, 2.45) is 0 Å². The van der Waals surface area contributed by atoms with E-state index in [2.05, 4.69) is 52.5 Å². The molecule has 0 atom stereocenters. The maximum atomic E-state index is 14.5. The van der Waals surface area contributed by atoms with Gasteiger partial charge in [0, 0.05) is 83.9 Å². The number of benzene rings is 4. The van der Waals surface area contributed by atoms with E-state index in [1.807, 2.05) is 20.9 Å². The number of pyridine rings is 2. The largest absolute Gasteiger partial charge is 0.457 e. The van der Waals surface area contributed by atoms with Crippen LogP contribution in [0.15, 0.2) is 116 Å². The van der Waals surface area contributed by atoms with Gasteiger partial charge in [-0.05, 0) is 124 Å². The maximum absolute atomic E-state index is 14.5. The molecule has 0 saturated carbocycles. The van der Waals surface area contributed by atoms with Gasteiger partial charge in [0.1, 0.15) is 40.2 Å². The molecule has 65 heavy (non-hydrogen) atoms. The van der Waals surface area contributed by atoms with E-state index in [0.29, 0.717) is 70.5 Å². The molecule has 0 saturated heterocycles. The summed E-state index contributed by atoms with van der Waals surface area (Å²) in [4.78, 5) is 56.8. The number of hydrogen-bond acceptors (Lipinski definition) is 10. The number of aromatic nitrogens is 2. The summed E-state index contributed by atoms with van der Waals surface area (Å²) in [6.45, 7) is 5.92. The Bertz CT molecular complexity index is 2600. The van der Waals surface area contributed by atoms with Gasteiger partial charge in [0.15, 0.2) is 0 Å². The fourth-order valence-electron chi connectivity index (χ4n) is 5.54. The third-order valence-electron chi connectivity index (χ3n) is 8.85. The zero-order chi connectivity index (χ0) is 46.7. The molecule has 16 nitrogen and oxygen atoms in total. The molecule has 0 aliphatic heterocycles. The number of carbonyl (C=O) groups is 4. The number of carbonyl (C=O) groups excluding carboxylic acids is 4. The highest BCUT2D eigenvalue weighted by Gasteiger charge is 2.13. The fourth-order valence-corrected chi connectivity index (χ4v) is 5.78. The molecule has 338 valence electrons. The Morgan fingerprint density at radius 1 is 0.523 bits per heavy atom. The molecule has 0 spiro atoms. The van der Waals surface area contributed by atoms with Crippen molar-refractivity contribution < 1.29 is 33.0 Å². The number of amides is 6. The molecule has 0 bridgehead atoms. The quantitative estimate of drug-likeness (QED) is 0.0432. The molecular formula is C46H47Cl2FN10O6. The summed E-state index contributed by atoms with van der Waals surface area (Å²) in [5.74, 6) is 0.246. The van der Waals surface area contributed by atoms with Crippen molar-refractivity contribution in [1.29, 1.82) is 0 Å². The lowest BCUT2D eigenvalue weighted by molar-refractivity contribution is 0.0941. The molecule has 2 aromatic heterocycles. The molecule has 0 radical (unpaired) electrons. The lowest BCUT2D eigenvalue weighted by Crippen LogP contribution is -2.30. The van der Waals surface area contributed by atoms with E-state index in [1.165, 1.54) is 30.6 Å². The number of anilines is 4. The maximum Gasteiger partial charge on any atom is 0.323 e. The van der Waals surface area contributed by atoms with E-state index in [4.69, 9.17) is 32.7 Å². The van der Waals surface area contributed by atoms with Crippen LogP contribution in [0.25, 0.3) is 0 Å². The first-order valence-corrected chi connectivity index (χ1v) is 20.8. The highest BCUT2D eigenvalue weighted by molar-refractivity contribution is 6.31. The topological polar surface area (TPSA) is 209 Å². The second kappa shape index (κ2) is 24.5. The Labute approximate surface area is 385 Å². The molecule has 6 rings (SSSR count). The van der Waals surface area contributed by atoms with Gasteiger partial charge in [-0.25, -0.2) is 14.0 Å². The number of hydrogen-bond donors (Lipinski definition) is 8. The van der Waals surface area contributed by atoms with Crippen molar-refractivity contribution in [3.8, 4) is 23.0 Å². The Balaban J connectivity index is 0.000000244. The smallest absolute Gasteiger partial charge is 0.323 e. The van der Waals surface area contributed by atoms with Crippen molar-refractivity contribution in [2.45, 2.75) is 13.8 Å². The van der Waals surface area contributed by atoms with Crippen LogP contribution in [0.4, 0.5) is 36.7 Å². The molecule has 0 aliphatic rings. The highest BCUT2D eigenvalue weighted by atomic mass is 35.5. The zero-order valence-electron chi connectivity index (χ0n) is 35.8. The van der Waals surface area contributed by atoms with Gasteiger partial charge >= 0.3 is 12.1 Å². The van der Waals surface area contributed by atoms with Crippen molar-refractivity contribution >= 4 is 69.8 Å². The summed E-state index contributed by atoms with van der Waals surface area (Å²) in [5.41, 5.74) is 3.87. The van der Waals surface area contributed by atoms with Crippen LogP contribution in [0.1, 0.15) is 32.1 Å². The van der Waals surface area contributed by atoms with Crippen LogP contribution in [0.5, 0.6) is 23.0 Å². The van der Waals surface area contributed by atoms with Crippen LogP contribution >= 0.6 is 23.2 Å². The lowest BCUT2D eigenvalue weighted by Gasteiger charge is -2.11. The summed E-state index contributed by atoms with van der Waals surface area (Å²) in [6.07, 6.45) is 2.94. The number of halogens is 3.